The maximum atomic E-state index is 12.3. The van der Waals surface area contributed by atoms with Crippen molar-refractivity contribution in [2.24, 2.45) is 0 Å². The predicted molar refractivity (Wildman–Crippen MR) is 113 cm³/mol. The molecule has 0 amide bonds. The molecule has 0 bridgehead atoms. The van der Waals surface area contributed by atoms with Crippen LogP contribution in [0.3, 0.4) is 0 Å². The topological polar surface area (TPSA) is 86.5 Å². The Morgan fingerprint density at radius 1 is 0.897 bits per heavy atom. The molecule has 0 aliphatic rings. The molecule has 0 saturated heterocycles. The normalized spacial score (nSPS) is 10.5. The van der Waals surface area contributed by atoms with Gasteiger partial charge in [0.25, 0.3) is 5.69 Å². The number of benzene rings is 2. The number of carbonyl (C=O) groups is 2. The lowest BCUT2D eigenvalue weighted by molar-refractivity contribution is -0.384. The summed E-state index contributed by atoms with van der Waals surface area (Å²) in [5.41, 5.74) is 0.833. The highest BCUT2D eigenvalue weighted by molar-refractivity contribution is 8.14. The highest BCUT2D eigenvalue weighted by atomic mass is 32.2. The van der Waals surface area contributed by atoms with Crippen LogP contribution in [0, 0.1) is 10.1 Å². The smallest absolute Gasteiger partial charge is 0.338 e. The van der Waals surface area contributed by atoms with Gasteiger partial charge >= 0.3 is 5.97 Å². The molecule has 0 spiro atoms. The second-order valence-corrected chi connectivity index (χ2v) is 7.67. The number of ether oxygens (including phenoxy) is 1. The quantitative estimate of drug-likeness (QED) is 0.146. The highest BCUT2D eigenvalue weighted by Crippen LogP contribution is 2.25. The van der Waals surface area contributed by atoms with Crippen molar-refractivity contribution in [1.29, 1.82) is 0 Å². The maximum absolute atomic E-state index is 12.3. The number of nitro groups is 1. The average molecular weight is 416 g/mol. The molecule has 0 fully saturated rings. The lowest BCUT2D eigenvalue weighted by Crippen LogP contribution is -2.07. The maximum Gasteiger partial charge on any atom is 0.338 e. The molecule has 2 rings (SSSR count). The molecule has 0 saturated carbocycles. The first kappa shape index (κ1) is 22.6. The summed E-state index contributed by atoms with van der Waals surface area (Å²) in [4.78, 5) is 35.2. The molecule has 0 aromatic heterocycles. The molecule has 29 heavy (non-hydrogen) atoms. The van der Waals surface area contributed by atoms with Gasteiger partial charge < -0.3 is 4.74 Å². The van der Waals surface area contributed by atoms with Gasteiger partial charge in [-0.2, -0.15) is 0 Å². The molecule has 0 N–H and O–H groups in total. The first-order valence-corrected chi connectivity index (χ1v) is 10.6. The second kappa shape index (κ2) is 12.0. The van der Waals surface area contributed by atoms with Gasteiger partial charge in [-0.25, -0.2) is 4.79 Å². The number of esters is 1. The molecule has 2 aromatic carbocycles. The van der Waals surface area contributed by atoms with Gasteiger partial charge in [-0.3, -0.25) is 14.9 Å². The number of carbonyl (C=O) groups excluding carboxylic acids is 2. The van der Waals surface area contributed by atoms with Crippen LogP contribution < -0.4 is 0 Å². The van der Waals surface area contributed by atoms with Gasteiger partial charge in [-0.05, 0) is 54.6 Å². The van der Waals surface area contributed by atoms with E-state index in [4.69, 9.17) is 4.74 Å². The van der Waals surface area contributed by atoms with Gasteiger partial charge in [-0.15, -0.1) is 0 Å². The van der Waals surface area contributed by atoms with Gasteiger partial charge in [0.1, 0.15) is 0 Å². The number of unbranched alkanes of at least 4 members (excludes halogenated alkanes) is 5. The third kappa shape index (κ3) is 7.69. The Morgan fingerprint density at radius 3 is 2.10 bits per heavy atom. The number of nitrogens with zero attached hydrogens (tertiary/aromatic N) is 1. The van der Waals surface area contributed by atoms with Crippen LogP contribution in [-0.2, 0) is 4.74 Å². The number of thioether (sulfide) groups is 1. The molecule has 154 valence electrons. The zero-order valence-electron chi connectivity index (χ0n) is 16.5. The third-order valence-electron chi connectivity index (χ3n) is 4.35. The van der Waals surface area contributed by atoms with E-state index >= 15 is 0 Å². The zero-order valence-corrected chi connectivity index (χ0v) is 17.3. The Balaban J connectivity index is 1.80. The SMILES string of the molecule is CCCCCCCCOC(=O)c1ccc(C(=O)Sc2ccc([N+](=O)[O-])cc2)cc1. The molecule has 6 nitrogen and oxygen atoms in total. The Bertz CT molecular complexity index is 818. The van der Waals surface area contributed by atoms with E-state index in [9.17, 15) is 19.7 Å². The Kier molecular flexibility index (Phi) is 9.37. The highest BCUT2D eigenvalue weighted by Gasteiger charge is 2.12. The molecule has 0 aliphatic carbocycles. The van der Waals surface area contributed by atoms with E-state index in [2.05, 4.69) is 6.92 Å². The van der Waals surface area contributed by atoms with Gasteiger partial charge in [0.15, 0.2) is 0 Å². The fourth-order valence-corrected chi connectivity index (χ4v) is 3.42. The number of hydrogen-bond acceptors (Lipinski definition) is 6. The van der Waals surface area contributed by atoms with E-state index in [0.29, 0.717) is 22.6 Å². The Labute approximate surface area is 174 Å². The summed E-state index contributed by atoms with van der Waals surface area (Å²) in [5, 5.41) is 10.5. The fraction of sp³-hybridized carbons (Fsp3) is 0.364. The Hall–Kier alpha value is -2.67. The van der Waals surface area contributed by atoms with Crippen LogP contribution in [0.4, 0.5) is 5.69 Å². The van der Waals surface area contributed by atoms with Crippen LogP contribution in [0.1, 0.15) is 66.2 Å². The zero-order chi connectivity index (χ0) is 21.1. The lowest BCUT2D eigenvalue weighted by Gasteiger charge is -2.06. The van der Waals surface area contributed by atoms with E-state index in [-0.39, 0.29) is 16.8 Å². The third-order valence-corrected chi connectivity index (χ3v) is 5.27. The van der Waals surface area contributed by atoms with Crippen molar-refractivity contribution in [1.82, 2.24) is 0 Å². The minimum Gasteiger partial charge on any atom is -0.462 e. The molecule has 0 heterocycles. The van der Waals surface area contributed by atoms with Crippen LogP contribution in [0.15, 0.2) is 53.4 Å². The van der Waals surface area contributed by atoms with E-state index in [1.165, 1.54) is 43.5 Å². The first-order valence-electron chi connectivity index (χ1n) is 9.75. The molecule has 0 atom stereocenters. The second-order valence-electron chi connectivity index (χ2n) is 6.62. The summed E-state index contributed by atoms with van der Waals surface area (Å²) in [6, 6.07) is 12.1. The number of rotatable bonds is 11. The van der Waals surface area contributed by atoms with Crippen molar-refractivity contribution in [3.05, 3.63) is 69.8 Å². The first-order chi connectivity index (χ1) is 14.0. The van der Waals surface area contributed by atoms with Crippen molar-refractivity contribution >= 4 is 28.5 Å². The summed E-state index contributed by atoms with van der Waals surface area (Å²) < 4.78 is 5.28. The van der Waals surface area contributed by atoms with Gasteiger partial charge in [0.05, 0.1) is 17.1 Å². The van der Waals surface area contributed by atoms with Gasteiger partial charge in [0, 0.05) is 22.6 Å². The fourth-order valence-electron chi connectivity index (χ4n) is 2.67. The predicted octanol–water partition coefficient (Wildman–Crippen LogP) is 6.04. The molecule has 0 aliphatic heterocycles. The van der Waals surface area contributed by atoms with Crippen LogP contribution in [-0.4, -0.2) is 22.6 Å². The summed E-state index contributed by atoms with van der Waals surface area (Å²) in [7, 11) is 0. The largest absolute Gasteiger partial charge is 0.462 e. The van der Waals surface area contributed by atoms with Gasteiger partial charge in [-0.1, -0.05) is 39.0 Å². The molecule has 7 heteroatoms. The summed E-state index contributed by atoms with van der Waals surface area (Å²) in [5.74, 6) is -0.388. The Morgan fingerprint density at radius 2 is 1.48 bits per heavy atom. The minimum atomic E-state index is -0.486. The van der Waals surface area contributed by atoms with Crippen LogP contribution in [0.2, 0.25) is 0 Å². The monoisotopic (exact) mass is 415 g/mol. The van der Waals surface area contributed by atoms with Crippen molar-refractivity contribution in [3.63, 3.8) is 0 Å². The molecular weight excluding hydrogens is 390 g/mol. The van der Waals surface area contributed by atoms with Gasteiger partial charge in [0.2, 0.25) is 5.12 Å². The average Bonchev–Trinajstić information content (AvgIpc) is 2.73. The van der Waals surface area contributed by atoms with Crippen LogP contribution in [0.25, 0.3) is 0 Å². The van der Waals surface area contributed by atoms with Crippen LogP contribution >= 0.6 is 11.8 Å². The minimum absolute atomic E-state index is 0.0226. The summed E-state index contributed by atoms with van der Waals surface area (Å²) >= 11 is 0.979. The van der Waals surface area contributed by atoms with Crippen molar-refractivity contribution in [2.45, 2.75) is 50.3 Å². The number of hydrogen-bond donors (Lipinski definition) is 0. The van der Waals surface area contributed by atoms with Crippen molar-refractivity contribution < 1.29 is 19.2 Å². The van der Waals surface area contributed by atoms with E-state index in [1.807, 2.05) is 0 Å². The van der Waals surface area contributed by atoms with E-state index < -0.39 is 4.92 Å². The summed E-state index contributed by atoms with van der Waals surface area (Å²) in [6.45, 7) is 2.58. The van der Waals surface area contributed by atoms with E-state index in [1.54, 1.807) is 24.3 Å². The molecular formula is C22H25NO5S. The standard InChI is InChI=1S/C22H25NO5S/c1-2-3-4-5-6-7-16-28-21(24)17-8-10-18(11-9-17)22(25)29-20-14-12-19(13-15-20)23(26)27/h8-15H,2-7,16H2,1H3. The van der Waals surface area contributed by atoms with Crippen LogP contribution in [0.5, 0.6) is 0 Å². The summed E-state index contributed by atoms with van der Waals surface area (Å²) in [6.07, 6.45) is 6.75. The lowest BCUT2D eigenvalue weighted by atomic mass is 10.1. The number of nitro benzene ring substituents is 1. The molecule has 0 unspecified atom stereocenters. The van der Waals surface area contributed by atoms with Crippen molar-refractivity contribution in [2.75, 3.05) is 6.61 Å². The molecule has 2 aromatic rings. The van der Waals surface area contributed by atoms with Crippen molar-refractivity contribution in [3.8, 4) is 0 Å². The van der Waals surface area contributed by atoms with E-state index in [0.717, 1.165) is 31.0 Å². The number of non-ortho nitro benzene ring substituents is 1. The molecule has 0 radical (unpaired) electrons.